The van der Waals surface area contributed by atoms with Gasteiger partial charge in [-0.25, -0.2) is 0 Å². The third kappa shape index (κ3) is 2.65. The average molecular weight is 206 g/mol. The molecule has 1 rings (SSSR count). The number of rotatable bonds is 4. The second kappa shape index (κ2) is 5.04. The van der Waals surface area contributed by atoms with E-state index in [0.29, 0.717) is 0 Å². The maximum atomic E-state index is 9.55. The first-order chi connectivity index (χ1) is 6.56. The monoisotopic (exact) mass is 206 g/mol. The number of methoxy groups -OCH3 is 1. The molecule has 0 aliphatic carbocycles. The fraction of sp³-hybridized carbons (Fsp3) is 1.00. The predicted molar refractivity (Wildman–Crippen MR) is 48.8 cm³/mol. The molecule has 5 nitrogen and oxygen atoms in total. The van der Waals surface area contributed by atoms with Crippen LogP contribution in [0.3, 0.4) is 0 Å². The Bertz CT molecular complexity index is 173. The molecule has 1 heterocycles. The predicted octanol–water partition coefficient (Wildman–Crippen LogP) is -0.496. The van der Waals surface area contributed by atoms with Gasteiger partial charge in [0, 0.05) is 7.11 Å². The largest absolute Gasteiger partial charge is 0.387 e. The topological polar surface area (TPSA) is 68.2 Å². The molecule has 84 valence electrons. The van der Waals surface area contributed by atoms with Crippen molar-refractivity contribution >= 4 is 0 Å². The van der Waals surface area contributed by atoms with Crippen LogP contribution in [0, 0.1) is 0 Å². The zero-order valence-corrected chi connectivity index (χ0v) is 8.71. The maximum absolute atomic E-state index is 9.55. The number of aliphatic hydroxyl groups excluding tert-OH is 2. The molecule has 0 aromatic rings. The minimum Gasteiger partial charge on any atom is -0.387 e. The van der Waals surface area contributed by atoms with E-state index >= 15 is 0 Å². The van der Waals surface area contributed by atoms with Gasteiger partial charge in [0.2, 0.25) is 0 Å². The summed E-state index contributed by atoms with van der Waals surface area (Å²) in [5.41, 5.74) is 0. The summed E-state index contributed by atoms with van der Waals surface area (Å²) in [5.74, 6) is 0. The van der Waals surface area contributed by atoms with Gasteiger partial charge >= 0.3 is 0 Å². The fourth-order valence-corrected chi connectivity index (χ4v) is 1.40. The molecule has 4 atom stereocenters. The van der Waals surface area contributed by atoms with Gasteiger partial charge < -0.3 is 24.4 Å². The molecule has 0 aromatic carbocycles. The summed E-state index contributed by atoms with van der Waals surface area (Å²) in [6, 6.07) is 0. The van der Waals surface area contributed by atoms with Gasteiger partial charge in [0.25, 0.3) is 0 Å². The summed E-state index contributed by atoms with van der Waals surface area (Å²) in [4.78, 5) is 0. The van der Waals surface area contributed by atoms with Crippen LogP contribution in [0.25, 0.3) is 0 Å². The molecule has 0 radical (unpaired) electrons. The first-order valence-electron chi connectivity index (χ1n) is 4.72. The molecular formula is C9H18O5. The first kappa shape index (κ1) is 11.9. The van der Waals surface area contributed by atoms with Crippen LogP contribution >= 0.6 is 0 Å². The lowest BCUT2D eigenvalue weighted by molar-refractivity contribution is -0.187. The SMILES string of the molecule is COC[C@H]1O[C@@H](OC(C)C)[C@H](O)[C@@H]1O. The molecule has 0 spiro atoms. The Hall–Kier alpha value is -0.200. The highest BCUT2D eigenvalue weighted by molar-refractivity contribution is 4.86. The van der Waals surface area contributed by atoms with E-state index in [2.05, 4.69) is 0 Å². The molecule has 5 heteroatoms. The lowest BCUT2D eigenvalue weighted by Gasteiger charge is -2.17. The van der Waals surface area contributed by atoms with Crippen LogP contribution in [0.5, 0.6) is 0 Å². The first-order valence-corrected chi connectivity index (χ1v) is 4.72. The van der Waals surface area contributed by atoms with E-state index in [-0.39, 0.29) is 12.7 Å². The molecule has 0 bridgehead atoms. The summed E-state index contributed by atoms with van der Waals surface area (Å²) in [5, 5.41) is 19.1. The Morgan fingerprint density at radius 3 is 2.43 bits per heavy atom. The highest BCUT2D eigenvalue weighted by Gasteiger charge is 2.43. The van der Waals surface area contributed by atoms with E-state index in [9.17, 15) is 10.2 Å². The van der Waals surface area contributed by atoms with Gasteiger partial charge in [0.05, 0.1) is 12.7 Å². The molecule has 1 aliphatic heterocycles. The van der Waals surface area contributed by atoms with Crippen molar-refractivity contribution in [2.45, 2.75) is 44.6 Å². The van der Waals surface area contributed by atoms with Gasteiger partial charge in [-0.05, 0) is 13.8 Å². The Morgan fingerprint density at radius 1 is 1.29 bits per heavy atom. The molecule has 1 aliphatic rings. The van der Waals surface area contributed by atoms with Gasteiger partial charge in [0.1, 0.15) is 18.3 Å². The Balaban J connectivity index is 2.48. The third-order valence-electron chi connectivity index (χ3n) is 2.06. The summed E-state index contributed by atoms with van der Waals surface area (Å²) in [7, 11) is 1.51. The van der Waals surface area contributed by atoms with Crippen LogP contribution < -0.4 is 0 Å². The van der Waals surface area contributed by atoms with Crippen molar-refractivity contribution in [2.24, 2.45) is 0 Å². The van der Waals surface area contributed by atoms with Crippen molar-refractivity contribution in [1.29, 1.82) is 0 Å². The van der Waals surface area contributed by atoms with Crippen LogP contribution in [0.4, 0.5) is 0 Å². The molecule has 0 aromatic heterocycles. The van der Waals surface area contributed by atoms with Crippen LogP contribution in [-0.4, -0.2) is 54.6 Å². The normalized spacial score (nSPS) is 38.1. The molecule has 0 amide bonds. The maximum Gasteiger partial charge on any atom is 0.186 e. The molecule has 1 saturated heterocycles. The van der Waals surface area contributed by atoms with E-state index in [0.717, 1.165) is 0 Å². The summed E-state index contributed by atoms with van der Waals surface area (Å²) in [6.45, 7) is 3.92. The summed E-state index contributed by atoms with van der Waals surface area (Å²) < 4.78 is 15.4. The number of aliphatic hydroxyl groups is 2. The van der Waals surface area contributed by atoms with Gasteiger partial charge in [-0.3, -0.25) is 0 Å². The van der Waals surface area contributed by atoms with Gasteiger partial charge in [-0.15, -0.1) is 0 Å². The van der Waals surface area contributed by atoms with E-state index in [1.165, 1.54) is 7.11 Å². The van der Waals surface area contributed by atoms with Crippen molar-refractivity contribution < 1.29 is 24.4 Å². The summed E-state index contributed by atoms with van der Waals surface area (Å²) >= 11 is 0. The van der Waals surface area contributed by atoms with Gasteiger partial charge in [-0.1, -0.05) is 0 Å². The third-order valence-corrected chi connectivity index (χ3v) is 2.06. The number of ether oxygens (including phenoxy) is 3. The van der Waals surface area contributed by atoms with Crippen LogP contribution in [0.15, 0.2) is 0 Å². The van der Waals surface area contributed by atoms with Crippen molar-refractivity contribution in [2.75, 3.05) is 13.7 Å². The highest BCUT2D eigenvalue weighted by Crippen LogP contribution is 2.23. The van der Waals surface area contributed by atoms with E-state index in [4.69, 9.17) is 14.2 Å². The quantitative estimate of drug-likeness (QED) is 0.649. The summed E-state index contributed by atoms with van der Waals surface area (Å²) in [6.07, 6.45) is -3.27. The van der Waals surface area contributed by atoms with E-state index < -0.39 is 24.6 Å². The highest BCUT2D eigenvalue weighted by atomic mass is 16.7. The smallest absolute Gasteiger partial charge is 0.186 e. The van der Waals surface area contributed by atoms with Crippen molar-refractivity contribution in [3.63, 3.8) is 0 Å². The average Bonchev–Trinajstić information content (AvgIpc) is 2.34. The second-order valence-electron chi connectivity index (χ2n) is 3.66. The Morgan fingerprint density at radius 2 is 1.93 bits per heavy atom. The number of hydrogen-bond donors (Lipinski definition) is 2. The fourth-order valence-electron chi connectivity index (χ4n) is 1.40. The molecular weight excluding hydrogens is 188 g/mol. The minimum atomic E-state index is -1.00. The standard InChI is InChI=1S/C9H18O5/c1-5(2)13-9-8(11)7(10)6(14-9)4-12-3/h5-11H,4H2,1-3H3/t6-,7-,8-,9-/m1/s1. The van der Waals surface area contributed by atoms with E-state index in [1.807, 2.05) is 13.8 Å². The van der Waals surface area contributed by atoms with E-state index in [1.54, 1.807) is 0 Å². The Labute approximate surface area is 83.6 Å². The van der Waals surface area contributed by atoms with Crippen molar-refractivity contribution in [3.05, 3.63) is 0 Å². The zero-order valence-electron chi connectivity index (χ0n) is 8.71. The molecule has 2 N–H and O–H groups in total. The lowest BCUT2D eigenvalue weighted by atomic mass is 10.1. The Kier molecular flexibility index (Phi) is 4.28. The van der Waals surface area contributed by atoms with Crippen LogP contribution in [0.2, 0.25) is 0 Å². The van der Waals surface area contributed by atoms with Crippen molar-refractivity contribution in [3.8, 4) is 0 Å². The molecule has 1 fully saturated rings. The van der Waals surface area contributed by atoms with Crippen LogP contribution in [-0.2, 0) is 14.2 Å². The molecule has 14 heavy (non-hydrogen) atoms. The van der Waals surface area contributed by atoms with Gasteiger partial charge in [-0.2, -0.15) is 0 Å². The lowest BCUT2D eigenvalue weighted by Crippen LogP contribution is -2.35. The van der Waals surface area contributed by atoms with Gasteiger partial charge in [0.15, 0.2) is 6.29 Å². The molecule has 0 unspecified atom stereocenters. The zero-order chi connectivity index (χ0) is 10.7. The second-order valence-corrected chi connectivity index (χ2v) is 3.66. The van der Waals surface area contributed by atoms with Crippen molar-refractivity contribution in [1.82, 2.24) is 0 Å². The van der Waals surface area contributed by atoms with Crippen LogP contribution in [0.1, 0.15) is 13.8 Å². The minimum absolute atomic E-state index is 0.0526. The molecule has 0 saturated carbocycles. The number of hydrogen-bond acceptors (Lipinski definition) is 5.